The highest BCUT2D eigenvalue weighted by atomic mass is 32.1. The standard InChI is InChI=1S/C8H14N4O2S/c1-5(2)6-10-11-8(15)12(6)3-4-14-7(9)13/h5H,3-4H2,1-2H3,(H2,9,13)(H,11,15). The number of rotatable bonds is 4. The van der Waals surface area contributed by atoms with Crippen molar-refractivity contribution in [1.82, 2.24) is 14.8 Å². The molecule has 6 nitrogen and oxygen atoms in total. The molecule has 0 fully saturated rings. The van der Waals surface area contributed by atoms with Gasteiger partial charge in [0.25, 0.3) is 0 Å². The van der Waals surface area contributed by atoms with E-state index in [0.717, 1.165) is 5.82 Å². The fraction of sp³-hybridized carbons (Fsp3) is 0.625. The first-order valence-corrected chi connectivity index (χ1v) is 5.00. The number of hydrogen-bond acceptors (Lipinski definition) is 4. The van der Waals surface area contributed by atoms with Crippen molar-refractivity contribution in [3.05, 3.63) is 10.6 Å². The monoisotopic (exact) mass is 230 g/mol. The number of H-pyrrole nitrogens is 1. The van der Waals surface area contributed by atoms with Gasteiger partial charge in [0.2, 0.25) is 0 Å². The summed E-state index contributed by atoms with van der Waals surface area (Å²) >= 11 is 5.04. The number of amides is 1. The quantitative estimate of drug-likeness (QED) is 0.760. The molecule has 0 bridgehead atoms. The van der Waals surface area contributed by atoms with Crippen LogP contribution >= 0.6 is 12.2 Å². The van der Waals surface area contributed by atoms with Crippen molar-refractivity contribution in [2.45, 2.75) is 26.3 Å². The van der Waals surface area contributed by atoms with Gasteiger partial charge in [-0.2, -0.15) is 5.10 Å². The van der Waals surface area contributed by atoms with Crippen LogP contribution in [0.25, 0.3) is 0 Å². The van der Waals surface area contributed by atoms with E-state index in [2.05, 4.69) is 14.9 Å². The molecule has 84 valence electrons. The zero-order chi connectivity index (χ0) is 11.4. The van der Waals surface area contributed by atoms with Crippen molar-refractivity contribution in [3.63, 3.8) is 0 Å². The number of nitrogens with one attached hydrogen (secondary N) is 1. The van der Waals surface area contributed by atoms with Gasteiger partial charge >= 0.3 is 6.09 Å². The number of primary amides is 1. The number of carbonyl (C=O) groups excluding carboxylic acids is 1. The van der Waals surface area contributed by atoms with Gasteiger partial charge in [-0.15, -0.1) is 0 Å². The molecule has 1 rings (SSSR count). The summed E-state index contributed by atoms with van der Waals surface area (Å²) in [6.45, 7) is 4.68. The zero-order valence-electron chi connectivity index (χ0n) is 8.69. The molecule has 1 aromatic rings. The van der Waals surface area contributed by atoms with Crippen LogP contribution in [0.1, 0.15) is 25.6 Å². The molecule has 0 saturated carbocycles. The van der Waals surface area contributed by atoms with Crippen molar-refractivity contribution >= 4 is 18.3 Å². The van der Waals surface area contributed by atoms with Crippen LogP contribution in [0.15, 0.2) is 0 Å². The summed E-state index contributed by atoms with van der Waals surface area (Å²) < 4.78 is 6.95. The Morgan fingerprint density at radius 1 is 1.73 bits per heavy atom. The zero-order valence-corrected chi connectivity index (χ0v) is 9.50. The topological polar surface area (TPSA) is 85.9 Å². The van der Waals surface area contributed by atoms with E-state index in [1.165, 1.54) is 0 Å². The lowest BCUT2D eigenvalue weighted by atomic mass is 10.2. The minimum atomic E-state index is -0.781. The Hall–Kier alpha value is -1.37. The smallest absolute Gasteiger partial charge is 0.404 e. The summed E-state index contributed by atoms with van der Waals surface area (Å²) in [6.07, 6.45) is -0.781. The largest absolute Gasteiger partial charge is 0.448 e. The summed E-state index contributed by atoms with van der Waals surface area (Å²) in [4.78, 5) is 10.4. The number of aromatic amines is 1. The van der Waals surface area contributed by atoms with Crippen LogP contribution in [-0.2, 0) is 11.3 Å². The molecule has 1 heterocycles. The van der Waals surface area contributed by atoms with Crippen molar-refractivity contribution in [2.24, 2.45) is 5.73 Å². The van der Waals surface area contributed by atoms with E-state index in [1.54, 1.807) is 4.57 Å². The van der Waals surface area contributed by atoms with Crippen LogP contribution in [0.3, 0.4) is 0 Å². The molecule has 0 aliphatic carbocycles. The van der Waals surface area contributed by atoms with Crippen LogP contribution in [0.5, 0.6) is 0 Å². The first-order chi connectivity index (χ1) is 7.02. The highest BCUT2D eigenvalue weighted by Gasteiger charge is 2.09. The Kier molecular flexibility index (Phi) is 3.84. The van der Waals surface area contributed by atoms with Gasteiger partial charge < -0.3 is 15.0 Å². The lowest BCUT2D eigenvalue weighted by Gasteiger charge is -2.08. The Labute approximate surface area is 92.4 Å². The third-order valence-electron chi connectivity index (χ3n) is 1.86. The first kappa shape index (κ1) is 11.7. The third-order valence-corrected chi connectivity index (χ3v) is 2.18. The summed E-state index contributed by atoms with van der Waals surface area (Å²) in [7, 11) is 0. The minimum absolute atomic E-state index is 0.197. The second-order valence-electron chi connectivity index (χ2n) is 3.36. The molecule has 0 aromatic carbocycles. The SMILES string of the molecule is CC(C)c1n[nH]c(=S)n1CCOC(N)=O. The number of aromatic nitrogens is 3. The van der Waals surface area contributed by atoms with Crippen LogP contribution in [0.4, 0.5) is 4.79 Å². The molecule has 1 amide bonds. The lowest BCUT2D eigenvalue weighted by Crippen LogP contribution is -2.18. The molecule has 0 unspecified atom stereocenters. The molecule has 0 atom stereocenters. The van der Waals surface area contributed by atoms with Crippen LogP contribution < -0.4 is 5.73 Å². The summed E-state index contributed by atoms with van der Waals surface area (Å²) in [5, 5.41) is 6.79. The molecule has 1 aromatic heterocycles. The molecule has 7 heteroatoms. The molecular weight excluding hydrogens is 216 g/mol. The maximum absolute atomic E-state index is 10.4. The Balaban J connectivity index is 2.71. The predicted octanol–water partition coefficient (Wildman–Crippen LogP) is 1.16. The molecule has 0 spiro atoms. The van der Waals surface area contributed by atoms with Crippen molar-refractivity contribution < 1.29 is 9.53 Å². The second-order valence-corrected chi connectivity index (χ2v) is 3.75. The van der Waals surface area contributed by atoms with Gasteiger partial charge in [-0.25, -0.2) is 4.79 Å². The average molecular weight is 230 g/mol. The average Bonchev–Trinajstić information content (AvgIpc) is 2.47. The summed E-state index contributed by atoms with van der Waals surface area (Å²) in [6, 6.07) is 0. The Morgan fingerprint density at radius 2 is 2.40 bits per heavy atom. The Morgan fingerprint density at radius 3 is 2.93 bits per heavy atom. The Bertz CT molecular complexity index is 396. The number of ether oxygens (including phenoxy) is 1. The normalized spacial score (nSPS) is 10.6. The van der Waals surface area contributed by atoms with E-state index >= 15 is 0 Å². The van der Waals surface area contributed by atoms with Crippen LogP contribution in [0, 0.1) is 4.77 Å². The number of hydrogen-bond donors (Lipinski definition) is 2. The van der Waals surface area contributed by atoms with Gasteiger partial charge in [-0.05, 0) is 12.2 Å². The number of carbonyl (C=O) groups is 1. The van der Waals surface area contributed by atoms with Crippen molar-refractivity contribution in [2.75, 3.05) is 6.61 Å². The molecule has 0 aliphatic rings. The van der Waals surface area contributed by atoms with E-state index < -0.39 is 6.09 Å². The highest BCUT2D eigenvalue weighted by Crippen LogP contribution is 2.11. The van der Waals surface area contributed by atoms with Gasteiger partial charge in [0, 0.05) is 5.92 Å². The number of nitrogens with zero attached hydrogens (tertiary/aromatic N) is 2. The van der Waals surface area contributed by atoms with E-state index in [1.807, 2.05) is 13.8 Å². The molecular formula is C8H14N4O2S. The van der Waals surface area contributed by atoms with Gasteiger partial charge in [-0.1, -0.05) is 13.8 Å². The first-order valence-electron chi connectivity index (χ1n) is 4.59. The van der Waals surface area contributed by atoms with E-state index in [-0.39, 0.29) is 12.5 Å². The van der Waals surface area contributed by atoms with Gasteiger partial charge in [0.1, 0.15) is 12.4 Å². The van der Waals surface area contributed by atoms with Crippen LogP contribution in [-0.4, -0.2) is 27.5 Å². The van der Waals surface area contributed by atoms with Gasteiger partial charge in [-0.3, -0.25) is 5.10 Å². The van der Waals surface area contributed by atoms with Crippen molar-refractivity contribution in [3.8, 4) is 0 Å². The molecule has 3 N–H and O–H groups in total. The lowest BCUT2D eigenvalue weighted by molar-refractivity contribution is 0.151. The maximum atomic E-state index is 10.4. The molecule has 0 aliphatic heterocycles. The minimum Gasteiger partial charge on any atom is -0.448 e. The van der Waals surface area contributed by atoms with E-state index in [0.29, 0.717) is 11.3 Å². The third kappa shape index (κ3) is 3.05. The maximum Gasteiger partial charge on any atom is 0.404 e. The highest BCUT2D eigenvalue weighted by molar-refractivity contribution is 7.71. The van der Waals surface area contributed by atoms with Crippen molar-refractivity contribution in [1.29, 1.82) is 0 Å². The molecule has 15 heavy (non-hydrogen) atoms. The fourth-order valence-electron chi connectivity index (χ4n) is 1.22. The van der Waals surface area contributed by atoms with Gasteiger partial charge in [0.15, 0.2) is 4.77 Å². The number of nitrogens with two attached hydrogens (primary N) is 1. The van der Waals surface area contributed by atoms with E-state index in [9.17, 15) is 4.79 Å². The van der Waals surface area contributed by atoms with Crippen LogP contribution in [0.2, 0.25) is 0 Å². The predicted molar refractivity (Wildman–Crippen MR) is 57.0 cm³/mol. The molecule has 0 saturated heterocycles. The van der Waals surface area contributed by atoms with E-state index in [4.69, 9.17) is 18.0 Å². The summed E-state index contributed by atoms with van der Waals surface area (Å²) in [5.41, 5.74) is 4.85. The second kappa shape index (κ2) is 4.92. The molecule has 0 radical (unpaired) electrons. The summed E-state index contributed by atoms with van der Waals surface area (Å²) in [5.74, 6) is 1.10. The van der Waals surface area contributed by atoms with Gasteiger partial charge in [0.05, 0.1) is 6.54 Å². The fourth-order valence-corrected chi connectivity index (χ4v) is 1.45.